The fraction of sp³-hybridized carbons (Fsp3) is 0.500. The van der Waals surface area contributed by atoms with Gasteiger partial charge in [-0.1, -0.05) is 6.92 Å². The van der Waals surface area contributed by atoms with Crippen molar-refractivity contribution in [3.05, 3.63) is 22.0 Å². The van der Waals surface area contributed by atoms with Gasteiger partial charge in [0.25, 0.3) is 0 Å². The maximum Gasteiger partial charge on any atom is 0.310 e. The van der Waals surface area contributed by atoms with Gasteiger partial charge in [0.2, 0.25) is 0 Å². The standard InChI is InChI=1S/C8H11N3O4/c1-5(8(12)13)3-6-7(11(14)15)4-9-10(6)2/h4-5H,3H2,1-2H3,(H,12,13). The Labute approximate surface area is 85.5 Å². The third-order valence-electron chi connectivity index (χ3n) is 2.16. The zero-order valence-electron chi connectivity index (χ0n) is 8.38. The third-order valence-corrected chi connectivity index (χ3v) is 2.16. The Hall–Kier alpha value is -1.92. The van der Waals surface area contributed by atoms with Crippen molar-refractivity contribution in [2.24, 2.45) is 13.0 Å². The topological polar surface area (TPSA) is 98.3 Å². The summed E-state index contributed by atoms with van der Waals surface area (Å²) in [5.74, 6) is -1.65. The maximum absolute atomic E-state index is 10.6. The largest absolute Gasteiger partial charge is 0.481 e. The van der Waals surface area contributed by atoms with Crippen molar-refractivity contribution in [3.8, 4) is 0 Å². The number of aryl methyl sites for hydroxylation is 1. The molecule has 1 atom stereocenters. The Kier molecular flexibility index (Phi) is 3.03. The van der Waals surface area contributed by atoms with E-state index >= 15 is 0 Å². The number of carboxylic acids is 1. The zero-order chi connectivity index (χ0) is 11.6. The first kappa shape index (κ1) is 11.2. The van der Waals surface area contributed by atoms with Crippen LogP contribution in [0.25, 0.3) is 0 Å². The number of hydrogen-bond donors (Lipinski definition) is 1. The lowest BCUT2D eigenvalue weighted by molar-refractivity contribution is -0.385. The maximum atomic E-state index is 10.6. The summed E-state index contributed by atoms with van der Waals surface area (Å²) in [4.78, 5) is 20.7. The van der Waals surface area contributed by atoms with Gasteiger partial charge in [-0.2, -0.15) is 5.10 Å². The van der Waals surface area contributed by atoms with Gasteiger partial charge >= 0.3 is 11.7 Å². The minimum Gasteiger partial charge on any atom is -0.481 e. The summed E-state index contributed by atoms with van der Waals surface area (Å²) < 4.78 is 1.33. The lowest BCUT2D eigenvalue weighted by atomic mass is 10.1. The first-order valence-corrected chi connectivity index (χ1v) is 4.31. The number of nitrogens with zero attached hydrogens (tertiary/aromatic N) is 3. The van der Waals surface area contributed by atoms with E-state index in [0.717, 1.165) is 6.20 Å². The summed E-state index contributed by atoms with van der Waals surface area (Å²) in [6.45, 7) is 1.50. The molecule has 0 saturated heterocycles. The number of carbonyl (C=O) groups is 1. The Bertz CT molecular complexity index is 399. The number of hydrogen-bond acceptors (Lipinski definition) is 4. The van der Waals surface area contributed by atoms with Crippen LogP contribution in [0.1, 0.15) is 12.6 Å². The van der Waals surface area contributed by atoms with Crippen LogP contribution >= 0.6 is 0 Å². The van der Waals surface area contributed by atoms with Crippen LogP contribution in [0.5, 0.6) is 0 Å². The van der Waals surface area contributed by atoms with E-state index < -0.39 is 16.8 Å². The van der Waals surface area contributed by atoms with Gasteiger partial charge < -0.3 is 5.11 Å². The third kappa shape index (κ3) is 2.30. The number of aliphatic carboxylic acids is 1. The molecule has 0 radical (unpaired) electrons. The molecule has 1 unspecified atom stereocenters. The molecule has 0 aromatic carbocycles. The van der Waals surface area contributed by atoms with Crippen molar-refractivity contribution in [2.45, 2.75) is 13.3 Å². The molecule has 0 aliphatic carbocycles. The number of nitro groups is 1. The highest BCUT2D eigenvalue weighted by molar-refractivity contribution is 5.70. The summed E-state index contributed by atoms with van der Waals surface area (Å²) in [7, 11) is 1.55. The Morgan fingerprint density at radius 2 is 2.40 bits per heavy atom. The zero-order valence-corrected chi connectivity index (χ0v) is 8.38. The summed E-state index contributed by atoms with van der Waals surface area (Å²) >= 11 is 0. The fourth-order valence-electron chi connectivity index (χ4n) is 1.22. The average Bonchev–Trinajstić information content (AvgIpc) is 2.48. The molecule has 1 aromatic heterocycles. The van der Waals surface area contributed by atoms with Crippen molar-refractivity contribution in [2.75, 3.05) is 0 Å². The van der Waals surface area contributed by atoms with Crippen LogP contribution in [0.15, 0.2) is 6.20 Å². The molecule has 0 fully saturated rings. The van der Waals surface area contributed by atoms with Crippen molar-refractivity contribution in [1.29, 1.82) is 0 Å². The highest BCUT2D eigenvalue weighted by Crippen LogP contribution is 2.20. The van der Waals surface area contributed by atoms with Gasteiger partial charge in [-0.15, -0.1) is 0 Å². The lowest BCUT2D eigenvalue weighted by Crippen LogP contribution is -2.15. The quantitative estimate of drug-likeness (QED) is 0.583. The van der Waals surface area contributed by atoms with Crippen LogP contribution in [-0.2, 0) is 18.3 Å². The second-order valence-electron chi connectivity index (χ2n) is 3.30. The summed E-state index contributed by atoms with van der Waals surface area (Å²) in [5.41, 5.74) is 0.195. The van der Waals surface area contributed by atoms with Crippen LogP contribution in [0, 0.1) is 16.0 Å². The summed E-state index contributed by atoms with van der Waals surface area (Å²) in [5, 5.41) is 23.0. The number of aromatic nitrogens is 2. The normalized spacial score (nSPS) is 12.4. The van der Waals surface area contributed by atoms with Crippen LogP contribution in [0.4, 0.5) is 5.69 Å². The van der Waals surface area contributed by atoms with E-state index in [-0.39, 0.29) is 12.1 Å². The van der Waals surface area contributed by atoms with Gasteiger partial charge in [-0.05, 0) is 0 Å². The van der Waals surface area contributed by atoms with Gasteiger partial charge in [0.05, 0.1) is 10.8 Å². The van der Waals surface area contributed by atoms with Gasteiger partial charge in [0, 0.05) is 13.5 Å². The number of carboxylic acid groups (broad SMARTS) is 1. The van der Waals surface area contributed by atoms with Crippen LogP contribution in [0.3, 0.4) is 0 Å². The monoisotopic (exact) mass is 213 g/mol. The highest BCUT2D eigenvalue weighted by atomic mass is 16.6. The second-order valence-corrected chi connectivity index (χ2v) is 3.30. The summed E-state index contributed by atoms with van der Waals surface area (Å²) in [6.07, 6.45) is 1.23. The van der Waals surface area contributed by atoms with Gasteiger partial charge in [0.1, 0.15) is 11.9 Å². The van der Waals surface area contributed by atoms with E-state index in [2.05, 4.69) is 5.10 Å². The molecule has 0 saturated carbocycles. The molecule has 1 aromatic rings. The first-order chi connectivity index (χ1) is 6.93. The molecule has 1 heterocycles. The van der Waals surface area contributed by atoms with Gasteiger partial charge in [-0.3, -0.25) is 19.6 Å². The van der Waals surface area contributed by atoms with Crippen LogP contribution in [-0.4, -0.2) is 25.8 Å². The van der Waals surface area contributed by atoms with Gasteiger partial charge in [0.15, 0.2) is 0 Å². The molecule has 0 bridgehead atoms. The van der Waals surface area contributed by atoms with E-state index in [9.17, 15) is 14.9 Å². The minimum atomic E-state index is -0.981. The molecule has 0 aliphatic heterocycles. The lowest BCUT2D eigenvalue weighted by Gasteiger charge is -2.05. The second kappa shape index (κ2) is 4.07. The smallest absolute Gasteiger partial charge is 0.310 e. The molecule has 0 amide bonds. The van der Waals surface area contributed by atoms with Crippen molar-refractivity contribution in [1.82, 2.24) is 9.78 Å². The highest BCUT2D eigenvalue weighted by Gasteiger charge is 2.23. The van der Waals surface area contributed by atoms with E-state index in [0.29, 0.717) is 5.69 Å². The SMILES string of the molecule is CC(Cc1c([N+](=O)[O-])cnn1C)C(=O)O. The number of rotatable bonds is 4. The molecule has 1 N–H and O–H groups in total. The van der Waals surface area contributed by atoms with Crippen molar-refractivity contribution >= 4 is 11.7 Å². The molecule has 15 heavy (non-hydrogen) atoms. The van der Waals surface area contributed by atoms with E-state index in [1.807, 2.05) is 0 Å². The Morgan fingerprint density at radius 3 is 2.87 bits per heavy atom. The van der Waals surface area contributed by atoms with E-state index in [4.69, 9.17) is 5.11 Å². The van der Waals surface area contributed by atoms with Gasteiger partial charge in [-0.25, -0.2) is 0 Å². The minimum absolute atomic E-state index is 0.0994. The average molecular weight is 213 g/mol. The first-order valence-electron chi connectivity index (χ1n) is 4.31. The molecular weight excluding hydrogens is 202 g/mol. The van der Waals surface area contributed by atoms with Crippen molar-refractivity contribution < 1.29 is 14.8 Å². The molecular formula is C8H11N3O4. The van der Waals surface area contributed by atoms with E-state index in [1.165, 1.54) is 11.6 Å². The molecule has 7 nitrogen and oxygen atoms in total. The molecule has 82 valence electrons. The van der Waals surface area contributed by atoms with E-state index in [1.54, 1.807) is 7.05 Å². The fourth-order valence-corrected chi connectivity index (χ4v) is 1.22. The predicted molar refractivity (Wildman–Crippen MR) is 50.4 cm³/mol. The summed E-state index contributed by atoms with van der Waals surface area (Å²) in [6, 6.07) is 0. The molecule has 7 heteroatoms. The van der Waals surface area contributed by atoms with Crippen LogP contribution in [0.2, 0.25) is 0 Å². The molecule has 0 aliphatic rings. The predicted octanol–water partition coefficient (Wildman–Crippen LogP) is 0.591. The van der Waals surface area contributed by atoms with Crippen LogP contribution < -0.4 is 0 Å². The molecule has 1 rings (SSSR count). The molecule has 0 spiro atoms. The van der Waals surface area contributed by atoms with Crippen molar-refractivity contribution in [3.63, 3.8) is 0 Å². The Morgan fingerprint density at radius 1 is 1.80 bits per heavy atom. The Balaban J connectivity index is 2.97.